The third kappa shape index (κ3) is 3.29. The number of benzene rings is 1. The van der Waals surface area contributed by atoms with E-state index in [2.05, 4.69) is 15.3 Å². The van der Waals surface area contributed by atoms with Crippen molar-refractivity contribution in [1.29, 1.82) is 0 Å². The van der Waals surface area contributed by atoms with Crippen molar-refractivity contribution in [3.63, 3.8) is 0 Å². The van der Waals surface area contributed by atoms with Gasteiger partial charge in [0.25, 0.3) is 0 Å². The van der Waals surface area contributed by atoms with E-state index in [0.29, 0.717) is 28.8 Å². The number of nitrogens with one attached hydrogen (secondary N) is 2. The first-order valence-corrected chi connectivity index (χ1v) is 9.56. The first kappa shape index (κ1) is 17.3. The molecule has 4 rings (SSSR count). The maximum atomic E-state index is 14.8. The molecule has 0 unspecified atom stereocenters. The maximum absolute atomic E-state index is 14.8. The molecule has 0 saturated heterocycles. The fraction of sp³-hybridized carbons (Fsp3) is 0.333. The first-order valence-electron chi connectivity index (χ1n) is 8.24. The minimum atomic E-state index is -0.547. The quantitative estimate of drug-likeness (QED) is 0.651. The van der Waals surface area contributed by atoms with Gasteiger partial charge in [-0.3, -0.25) is 4.79 Å². The minimum absolute atomic E-state index is 0.00454. The van der Waals surface area contributed by atoms with Crippen LogP contribution in [0.2, 0.25) is 5.02 Å². The zero-order valence-corrected chi connectivity index (χ0v) is 15.6. The summed E-state index contributed by atoms with van der Waals surface area (Å²) in [5, 5.41) is 5.56. The summed E-state index contributed by atoms with van der Waals surface area (Å²) in [6, 6.07) is 3.43. The number of halogens is 2. The molecule has 3 aromatic rings. The number of aromatic amines is 1. The Labute approximate surface area is 158 Å². The van der Waals surface area contributed by atoms with E-state index >= 15 is 0 Å². The molecule has 0 radical (unpaired) electrons. The summed E-state index contributed by atoms with van der Waals surface area (Å²) in [6.07, 6.45) is 1.82. The van der Waals surface area contributed by atoms with Gasteiger partial charge in [-0.25, -0.2) is 9.37 Å². The summed E-state index contributed by atoms with van der Waals surface area (Å²) >= 11 is 7.63. The Kier molecular flexibility index (Phi) is 4.36. The summed E-state index contributed by atoms with van der Waals surface area (Å²) < 4.78 is 20.4. The molecular weight excluding hydrogens is 377 g/mol. The monoisotopic (exact) mass is 393 g/mol. The summed E-state index contributed by atoms with van der Waals surface area (Å²) in [5.74, 6) is -0.522. The van der Waals surface area contributed by atoms with Crippen LogP contribution in [0.25, 0.3) is 10.9 Å². The topological polar surface area (TPSA) is 67.0 Å². The zero-order chi connectivity index (χ0) is 18.3. The van der Waals surface area contributed by atoms with Crippen molar-refractivity contribution >= 4 is 39.7 Å². The Balaban J connectivity index is 1.53. The molecular formula is C18H17ClFN3O2S. The number of hydrogen-bond acceptors (Lipinski definition) is 4. The van der Waals surface area contributed by atoms with Gasteiger partial charge in [0.1, 0.15) is 6.61 Å². The van der Waals surface area contributed by atoms with Gasteiger partial charge in [-0.05, 0) is 25.0 Å². The van der Waals surface area contributed by atoms with Crippen LogP contribution in [-0.4, -0.2) is 15.9 Å². The number of ether oxygens (including phenoxy) is 1. The predicted octanol–water partition coefficient (Wildman–Crippen LogP) is 4.41. The zero-order valence-electron chi connectivity index (χ0n) is 14.1. The Morgan fingerprint density at radius 3 is 3.00 bits per heavy atom. The molecule has 0 aliphatic heterocycles. The van der Waals surface area contributed by atoms with Gasteiger partial charge >= 0.3 is 0 Å². The van der Waals surface area contributed by atoms with Crippen LogP contribution in [0.15, 0.2) is 23.0 Å². The van der Waals surface area contributed by atoms with Crippen LogP contribution < -0.4 is 10.1 Å². The Morgan fingerprint density at radius 1 is 1.50 bits per heavy atom. The Morgan fingerprint density at radius 2 is 2.31 bits per heavy atom. The van der Waals surface area contributed by atoms with Crippen molar-refractivity contribution in [2.45, 2.75) is 32.9 Å². The van der Waals surface area contributed by atoms with Crippen molar-refractivity contribution in [2.75, 3.05) is 0 Å². The highest BCUT2D eigenvalue weighted by Crippen LogP contribution is 2.45. The van der Waals surface area contributed by atoms with Gasteiger partial charge in [-0.1, -0.05) is 18.5 Å². The van der Waals surface area contributed by atoms with Crippen LogP contribution in [-0.2, 0) is 17.9 Å². The second-order valence-electron chi connectivity index (χ2n) is 6.77. The second kappa shape index (κ2) is 6.55. The highest BCUT2D eigenvalue weighted by molar-refractivity contribution is 7.07. The van der Waals surface area contributed by atoms with Crippen molar-refractivity contribution in [1.82, 2.24) is 15.3 Å². The van der Waals surface area contributed by atoms with Gasteiger partial charge in [-0.15, -0.1) is 11.3 Å². The number of hydrogen-bond donors (Lipinski definition) is 2. The molecule has 136 valence electrons. The van der Waals surface area contributed by atoms with Crippen LogP contribution in [0.3, 0.4) is 0 Å². The third-order valence-electron chi connectivity index (χ3n) is 4.66. The molecule has 8 heteroatoms. The molecule has 26 heavy (non-hydrogen) atoms. The number of carbonyl (C=O) groups is 1. The van der Waals surface area contributed by atoms with E-state index in [0.717, 1.165) is 12.8 Å². The molecule has 5 nitrogen and oxygen atoms in total. The lowest BCUT2D eigenvalue weighted by Crippen LogP contribution is -2.29. The number of fused-ring (bicyclic) bond motifs is 1. The molecule has 2 N–H and O–H groups in total. The van der Waals surface area contributed by atoms with Crippen LogP contribution in [0.5, 0.6) is 5.75 Å². The van der Waals surface area contributed by atoms with Crippen molar-refractivity contribution in [3.8, 4) is 5.75 Å². The maximum Gasteiger partial charge on any atom is 0.226 e. The van der Waals surface area contributed by atoms with E-state index in [1.54, 1.807) is 17.6 Å². The van der Waals surface area contributed by atoms with Gasteiger partial charge in [0, 0.05) is 21.9 Å². The highest BCUT2D eigenvalue weighted by Gasteiger charge is 2.44. The second-order valence-corrected chi connectivity index (χ2v) is 7.90. The average Bonchev–Trinajstić information content (AvgIpc) is 3.01. The Bertz CT molecular complexity index is 967. The number of aromatic nitrogens is 2. The lowest BCUT2D eigenvalue weighted by atomic mass is 10.1. The lowest BCUT2D eigenvalue weighted by molar-refractivity contribution is -0.125. The van der Waals surface area contributed by atoms with Crippen molar-refractivity contribution in [2.24, 2.45) is 5.41 Å². The Hall–Kier alpha value is -2.12. The molecule has 2 heterocycles. The summed E-state index contributed by atoms with van der Waals surface area (Å²) in [6.45, 7) is 2.40. The van der Waals surface area contributed by atoms with E-state index < -0.39 is 5.82 Å². The standard InChI is InChI=1S/C18H17ClFN3O2S/c1-18(2-3-18)17(24)21-6-11-4-10-5-13(19)16(14(20)15(10)23-11)25-7-12-8-26-9-22-12/h4-5,8-9,23H,2-3,6-7H2,1H3,(H,21,24). The average molecular weight is 394 g/mol. The van der Waals surface area contributed by atoms with Crippen molar-refractivity contribution < 1.29 is 13.9 Å². The fourth-order valence-corrected chi connectivity index (χ4v) is 3.53. The number of H-pyrrole nitrogens is 1. The van der Waals surface area contributed by atoms with E-state index in [4.69, 9.17) is 16.3 Å². The van der Waals surface area contributed by atoms with Crippen LogP contribution in [0, 0.1) is 11.2 Å². The molecule has 0 spiro atoms. The predicted molar refractivity (Wildman–Crippen MR) is 98.9 cm³/mol. The summed E-state index contributed by atoms with van der Waals surface area (Å²) in [5.41, 5.74) is 3.19. The number of amides is 1. The summed E-state index contributed by atoms with van der Waals surface area (Å²) in [7, 11) is 0. The van der Waals surface area contributed by atoms with Gasteiger partial charge in [0.05, 0.1) is 28.3 Å². The SMILES string of the molecule is CC1(C(=O)NCc2cc3cc(Cl)c(OCc4cscn4)c(F)c3[nH]2)CC1. The largest absolute Gasteiger partial charge is 0.483 e. The number of nitrogens with zero attached hydrogens (tertiary/aromatic N) is 1. The molecule has 1 fully saturated rings. The third-order valence-corrected chi connectivity index (χ3v) is 5.57. The van der Waals surface area contributed by atoms with E-state index in [-0.39, 0.29) is 28.7 Å². The molecule has 0 bridgehead atoms. The van der Waals surface area contributed by atoms with Crippen LogP contribution in [0.1, 0.15) is 31.2 Å². The molecule has 0 atom stereocenters. The van der Waals surface area contributed by atoms with Gasteiger partial charge in [0.15, 0.2) is 11.6 Å². The fourth-order valence-electron chi connectivity index (χ4n) is 2.73. The van der Waals surface area contributed by atoms with Crippen molar-refractivity contribution in [3.05, 3.63) is 45.3 Å². The molecule has 1 saturated carbocycles. The lowest BCUT2D eigenvalue weighted by Gasteiger charge is -2.09. The normalized spacial score (nSPS) is 15.2. The first-order chi connectivity index (χ1) is 12.5. The van der Waals surface area contributed by atoms with Crippen LogP contribution in [0.4, 0.5) is 4.39 Å². The van der Waals surface area contributed by atoms with Crippen LogP contribution >= 0.6 is 22.9 Å². The molecule has 1 aliphatic carbocycles. The highest BCUT2D eigenvalue weighted by atomic mass is 35.5. The van der Waals surface area contributed by atoms with E-state index in [9.17, 15) is 9.18 Å². The minimum Gasteiger partial charge on any atom is -0.483 e. The van der Waals surface area contributed by atoms with E-state index in [1.807, 2.05) is 12.3 Å². The van der Waals surface area contributed by atoms with E-state index in [1.165, 1.54) is 11.3 Å². The molecule has 1 aliphatic rings. The number of rotatable bonds is 6. The van der Waals surface area contributed by atoms with Gasteiger partial charge in [-0.2, -0.15) is 0 Å². The number of thiazole rings is 1. The molecule has 1 aromatic carbocycles. The van der Waals surface area contributed by atoms with Gasteiger partial charge < -0.3 is 15.0 Å². The van der Waals surface area contributed by atoms with Gasteiger partial charge in [0.2, 0.25) is 5.91 Å². The molecule has 1 amide bonds. The molecule has 2 aromatic heterocycles. The number of carbonyl (C=O) groups excluding carboxylic acids is 1. The summed E-state index contributed by atoms with van der Waals surface area (Å²) in [4.78, 5) is 19.2. The smallest absolute Gasteiger partial charge is 0.226 e.